The largest absolute Gasteiger partial charge is 0.379 e. The highest BCUT2D eigenvalue weighted by Crippen LogP contribution is 1.95. The summed E-state index contributed by atoms with van der Waals surface area (Å²) in [7, 11) is 0. The molecule has 4 nitrogen and oxygen atoms in total. The first-order valence-corrected chi connectivity index (χ1v) is 2.23. The molecule has 0 fully saturated rings. The van der Waals surface area contributed by atoms with Crippen LogP contribution in [0.3, 0.4) is 0 Å². The summed E-state index contributed by atoms with van der Waals surface area (Å²) < 4.78 is 0. The predicted molar refractivity (Wildman–Crippen MR) is 28.9 cm³/mol. The van der Waals surface area contributed by atoms with Crippen LogP contribution >= 0.6 is 0 Å². The van der Waals surface area contributed by atoms with Gasteiger partial charge in [0.05, 0.1) is 0 Å². The van der Waals surface area contributed by atoms with Gasteiger partial charge >= 0.3 is 0 Å². The molecule has 0 radical (unpaired) electrons. The smallest absolute Gasteiger partial charge is 0.250 e. The van der Waals surface area contributed by atoms with Crippen molar-refractivity contribution < 1.29 is 9.90 Å². The number of nitrogens with two attached hydrogens (primary N) is 2. The second kappa shape index (κ2) is 2.11. The molecule has 0 rings (SSSR count). The zero-order valence-electron chi connectivity index (χ0n) is 4.72. The number of hydrogen-bond donors (Lipinski definition) is 3. The molecule has 0 aromatic rings. The highest BCUT2D eigenvalue weighted by molar-refractivity contribution is 5.82. The van der Waals surface area contributed by atoms with Crippen LogP contribution in [0.5, 0.6) is 0 Å². The van der Waals surface area contributed by atoms with E-state index in [1.807, 2.05) is 0 Å². The minimum atomic E-state index is -1.54. The molecule has 0 spiro atoms. The Kier molecular flexibility index (Phi) is 1.94. The molecule has 8 heavy (non-hydrogen) atoms. The van der Waals surface area contributed by atoms with Crippen LogP contribution in [-0.2, 0) is 4.79 Å². The van der Waals surface area contributed by atoms with Crippen molar-refractivity contribution in [1.29, 1.82) is 0 Å². The van der Waals surface area contributed by atoms with Crippen molar-refractivity contribution >= 4 is 5.91 Å². The van der Waals surface area contributed by atoms with Crippen molar-refractivity contribution in [3.63, 3.8) is 0 Å². The van der Waals surface area contributed by atoms with Crippen LogP contribution in [0.1, 0.15) is 6.92 Å². The summed E-state index contributed by atoms with van der Waals surface area (Å²) in [6.07, 6.45) is 0. The Labute approximate surface area is 47.5 Å². The van der Waals surface area contributed by atoms with E-state index in [0.717, 1.165) is 0 Å². The molecule has 0 heterocycles. The molecule has 0 bridgehead atoms. The maximum atomic E-state index is 10.1. The SMILES string of the molecule is C[C@@](O)(CN)C(N)=O. The van der Waals surface area contributed by atoms with E-state index in [1.165, 1.54) is 6.92 Å². The molecular weight excluding hydrogens is 108 g/mol. The van der Waals surface area contributed by atoms with Gasteiger partial charge in [0.15, 0.2) is 5.60 Å². The van der Waals surface area contributed by atoms with E-state index in [2.05, 4.69) is 0 Å². The van der Waals surface area contributed by atoms with Gasteiger partial charge in [-0.15, -0.1) is 0 Å². The zero-order chi connectivity index (χ0) is 6.78. The number of carbonyl (C=O) groups is 1. The molecule has 5 N–H and O–H groups in total. The lowest BCUT2D eigenvalue weighted by molar-refractivity contribution is -0.133. The van der Waals surface area contributed by atoms with E-state index in [4.69, 9.17) is 16.6 Å². The molecule has 0 saturated carbocycles. The Balaban J connectivity index is 3.91. The summed E-state index contributed by atoms with van der Waals surface area (Å²) in [5, 5.41) is 8.80. The van der Waals surface area contributed by atoms with E-state index in [1.54, 1.807) is 0 Å². The van der Waals surface area contributed by atoms with E-state index < -0.39 is 11.5 Å². The van der Waals surface area contributed by atoms with Gasteiger partial charge in [-0.25, -0.2) is 0 Å². The fourth-order valence-electron chi connectivity index (χ4n) is 0.101. The van der Waals surface area contributed by atoms with Gasteiger partial charge < -0.3 is 16.6 Å². The number of rotatable bonds is 2. The van der Waals surface area contributed by atoms with Crippen molar-refractivity contribution in [3.05, 3.63) is 0 Å². The summed E-state index contributed by atoms with van der Waals surface area (Å²) in [6, 6.07) is 0. The van der Waals surface area contributed by atoms with E-state index >= 15 is 0 Å². The Morgan fingerprint density at radius 2 is 2.25 bits per heavy atom. The van der Waals surface area contributed by atoms with Gasteiger partial charge in [0.2, 0.25) is 5.91 Å². The van der Waals surface area contributed by atoms with Crippen molar-refractivity contribution in [1.82, 2.24) is 0 Å². The summed E-state index contributed by atoms with van der Waals surface area (Å²) in [4.78, 5) is 10.1. The van der Waals surface area contributed by atoms with Crippen molar-refractivity contribution in [2.45, 2.75) is 12.5 Å². The maximum Gasteiger partial charge on any atom is 0.250 e. The number of carbonyl (C=O) groups excluding carboxylic acids is 1. The Hall–Kier alpha value is -0.610. The molecule has 1 amide bonds. The summed E-state index contributed by atoms with van der Waals surface area (Å²) in [5.41, 5.74) is 8.13. The van der Waals surface area contributed by atoms with Crippen LogP contribution in [-0.4, -0.2) is 23.2 Å². The van der Waals surface area contributed by atoms with Crippen LogP contribution < -0.4 is 11.5 Å². The number of hydrogen-bond acceptors (Lipinski definition) is 3. The van der Waals surface area contributed by atoms with Crippen molar-refractivity contribution in [2.24, 2.45) is 11.5 Å². The fraction of sp³-hybridized carbons (Fsp3) is 0.750. The molecule has 0 unspecified atom stereocenters. The average Bonchev–Trinajstić information content (AvgIpc) is 1.67. The standard InChI is InChI=1S/C4H10N2O2/c1-4(8,2-5)3(6)7/h8H,2,5H2,1H3,(H2,6,7)/t4-/m1/s1. The van der Waals surface area contributed by atoms with Crippen LogP contribution in [0.25, 0.3) is 0 Å². The van der Waals surface area contributed by atoms with Gasteiger partial charge in [0, 0.05) is 6.54 Å². The minimum Gasteiger partial charge on any atom is -0.379 e. The number of aliphatic hydroxyl groups is 1. The Morgan fingerprint density at radius 3 is 2.25 bits per heavy atom. The molecule has 0 saturated heterocycles. The molecule has 0 aliphatic heterocycles. The Morgan fingerprint density at radius 1 is 1.88 bits per heavy atom. The van der Waals surface area contributed by atoms with E-state index in [9.17, 15) is 4.79 Å². The number of amides is 1. The summed E-state index contributed by atoms with van der Waals surface area (Å²) in [5.74, 6) is -0.792. The lowest BCUT2D eigenvalue weighted by Crippen LogP contribution is -2.46. The molecule has 1 atom stereocenters. The van der Waals surface area contributed by atoms with E-state index in [0.29, 0.717) is 0 Å². The third-order valence-corrected chi connectivity index (χ3v) is 0.928. The van der Waals surface area contributed by atoms with Gasteiger partial charge in [-0.3, -0.25) is 4.79 Å². The fourth-order valence-corrected chi connectivity index (χ4v) is 0.101. The maximum absolute atomic E-state index is 10.1. The average molecular weight is 118 g/mol. The lowest BCUT2D eigenvalue weighted by atomic mass is 10.1. The van der Waals surface area contributed by atoms with Crippen molar-refractivity contribution in [2.75, 3.05) is 6.54 Å². The first kappa shape index (κ1) is 7.39. The normalized spacial score (nSPS) is 17.4. The third-order valence-electron chi connectivity index (χ3n) is 0.928. The molecule has 0 aliphatic rings. The van der Waals surface area contributed by atoms with Gasteiger partial charge in [-0.05, 0) is 6.92 Å². The number of primary amides is 1. The Bertz CT molecular complexity index is 100. The topological polar surface area (TPSA) is 89.3 Å². The van der Waals surface area contributed by atoms with Gasteiger partial charge in [-0.2, -0.15) is 0 Å². The van der Waals surface area contributed by atoms with Gasteiger partial charge in [-0.1, -0.05) is 0 Å². The third kappa shape index (κ3) is 1.48. The monoisotopic (exact) mass is 118 g/mol. The predicted octanol–water partition coefficient (Wildman–Crippen LogP) is -1.82. The lowest BCUT2D eigenvalue weighted by Gasteiger charge is -2.14. The van der Waals surface area contributed by atoms with Crippen LogP contribution in [0.4, 0.5) is 0 Å². The van der Waals surface area contributed by atoms with Gasteiger partial charge in [0.25, 0.3) is 0 Å². The second-order valence-corrected chi connectivity index (χ2v) is 1.84. The first-order valence-electron chi connectivity index (χ1n) is 2.23. The molecule has 0 aliphatic carbocycles. The molecular formula is C4H10N2O2. The van der Waals surface area contributed by atoms with Gasteiger partial charge in [0.1, 0.15) is 0 Å². The molecule has 0 aromatic heterocycles. The second-order valence-electron chi connectivity index (χ2n) is 1.84. The minimum absolute atomic E-state index is 0.137. The van der Waals surface area contributed by atoms with Crippen LogP contribution in [0.15, 0.2) is 0 Å². The van der Waals surface area contributed by atoms with Crippen LogP contribution in [0.2, 0.25) is 0 Å². The summed E-state index contributed by atoms with van der Waals surface area (Å²) in [6.45, 7) is 1.14. The van der Waals surface area contributed by atoms with Crippen molar-refractivity contribution in [3.8, 4) is 0 Å². The quantitative estimate of drug-likeness (QED) is 0.399. The molecule has 0 aromatic carbocycles. The van der Waals surface area contributed by atoms with Crippen LogP contribution in [0, 0.1) is 0 Å². The highest BCUT2D eigenvalue weighted by Gasteiger charge is 2.24. The zero-order valence-corrected chi connectivity index (χ0v) is 4.72. The summed E-state index contributed by atoms with van der Waals surface area (Å²) >= 11 is 0. The molecule has 4 heteroatoms. The first-order chi connectivity index (χ1) is 3.50. The highest BCUT2D eigenvalue weighted by atomic mass is 16.3. The molecule has 48 valence electrons. The van der Waals surface area contributed by atoms with E-state index in [-0.39, 0.29) is 6.54 Å².